The zero-order valence-corrected chi connectivity index (χ0v) is 15.7. The lowest BCUT2D eigenvalue weighted by molar-refractivity contribution is -0.128. The van der Waals surface area contributed by atoms with Gasteiger partial charge in [-0.3, -0.25) is 9.59 Å². The first-order valence-corrected chi connectivity index (χ1v) is 9.19. The maximum Gasteiger partial charge on any atom is 0.265 e. The average Bonchev–Trinajstić information content (AvgIpc) is 2.70. The summed E-state index contributed by atoms with van der Waals surface area (Å²) in [5.74, 6) is 0.410. The van der Waals surface area contributed by atoms with E-state index in [1.54, 1.807) is 42.5 Å². The molecule has 0 aromatic heterocycles. The summed E-state index contributed by atoms with van der Waals surface area (Å²) in [5.41, 5.74) is 0.616. The summed E-state index contributed by atoms with van der Waals surface area (Å²) in [5, 5.41) is 3.24. The van der Waals surface area contributed by atoms with Gasteiger partial charge in [-0.05, 0) is 30.7 Å². The van der Waals surface area contributed by atoms with Crippen LogP contribution in [0.4, 0.5) is 5.69 Å². The van der Waals surface area contributed by atoms with E-state index in [1.807, 2.05) is 13.0 Å². The molecule has 1 aliphatic heterocycles. The summed E-state index contributed by atoms with van der Waals surface area (Å²) in [6.07, 6.45) is 0.0549. The summed E-state index contributed by atoms with van der Waals surface area (Å²) in [7, 11) is 0. The van der Waals surface area contributed by atoms with Crippen LogP contribution in [0, 0.1) is 0 Å². The van der Waals surface area contributed by atoms with Crippen LogP contribution in [0.2, 0.25) is 5.02 Å². The van der Waals surface area contributed by atoms with E-state index in [0.717, 1.165) is 6.42 Å². The molecule has 142 valence electrons. The zero-order chi connectivity index (χ0) is 19.2. The van der Waals surface area contributed by atoms with Gasteiger partial charge in [-0.25, -0.2) is 0 Å². The maximum atomic E-state index is 12.8. The van der Waals surface area contributed by atoms with Gasteiger partial charge in [0.2, 0.25) is 0 Å². The van der Waals surface area contributed by atoms with Crippen molar-refractivity contribution in [2.24, 2.45) is 0 Å². The first kappa shape index (κ1) is 19.0. The van der Waals surface area contributed by atoms with E-state index in [-0.39, 0.29) is 25.0 Å². The summed E-state index contributed by atoms with van der Waals surface area (Å²) >= 11 is 6.06. The van der Waals surface area contributed by atoms with Crippen molar-refractivity contribution >= 4 is 29.1 Å². The summed E-state index contributed by atoms with van der Waals surface area (Å²) in [6.45, 7) is 2.46. The van der Waals surface area contributed by atoms with Crippen molar-refractivity contribution in [1.82, 2.24) is 5.32 Å². The Kier molecular flexibility index (Phi) is 6.19. The van der Waals surface area contributed by atoms with Crippen LogP contribution in [-0.2, 0) is 9.59 Å². The van der Waals surface area contributed by atoms with Gasteiger partial charge in [0, 0.05) is 6.54 Å². The number of carbonyl (C=O) groups is 2. The van der Waals surface area contributed by atoms with E-state index in [4.69, 9.17) is 21.1 Å². The van der Waals surface area contributed by atoms with E-state index in [0.29, 0.717) is 28.8 Å². The Morgan fingerprint density at radius 3 is 2.74 bits per heavy atom. The molecule has 1 N–H and O–H groups in total. The summed E-state index contributed by atoms with van der Waals surface area (Å²) in [6, 6.07) is 14.1. The number of para-hydroxylation sites is 3. The molecule has 6 nitrogen and oxygen atoms in total. The van der Waals surface area contributed by atoms with Gasteiger partial charge in [-0.2, -0.15) is 0 Å². The predicted octanol–water partition coefficient (Wildman–Crippen LogP) is 3.04. The molecule has 27 heavy (non-hydrogen) atoms. The van der Waals surface area contributed by atoms with Gasteiger partial charge < -0.3 is 19.7 Å². The molecule has 1 aliphatic rings. The molecule has 2 aromatic rings. The predicted molar refractivity (Wildman–Crippen MR) is 103 cm³/mol. The molecule has 3 rings (SSSR count). The van der Waals surface area contributed by atoms with Gasteiger partial charge >= 0.3 is 0 Å². The minimum Gasteiger partial charge on any atom is -0.482 e. The standard InChI is InChI=1S/C20H21ClN2O4/c1-2-11-22-20(25)18-12-23(15-8-4-6-10-17(15)27-18)19(24)13-26-16-9-5-3-7-14(16)21/h3-10,18H,2,11-13H2,1H3,(H,22,25)/t18-/m0/s1. The lowest BCUT2D eigenvalue weighted by atomic mass is 10.1. The van der Waals surface area contributed by atoms with Gasteiger partial charge in [0.25, 0.3) is 11.8 Å². The van der Waals surface area contributed by atoms with Crippen LogP contribution in [-0.4, -0.2) is 37.6 Å². The number of ether oxygens (including phenoxy) is 2. The van der Waals surface area contributed by atoms with E-state index >= 15 is 0 Å². The SMILES string of the molecule is CCCNC(=O)[C@@H]1CN(C(=O)COc2ccccc2Cl)c2ccccc2O1. The number of rotatable bonds is 6. The van der Waals surface area contributed by atoms with E-state index in [1.165, 1.54) is 4.90 Å². The van der Waals surface area contributed by atoms with Crippen molar-refractivity contribution in [2.75, 3.05) is 24.6 Å². The smallest absolute Gasteiger partial charge is 0.265 e. The molecule has 0 unspecified atom stereocenters. The first-order chi connectivity index (χ1) is 13.1. The first-order valence-electron chi connectivity index (χ1n) is 8.81. The van der Waals surface area contributed by atoms with Crippen molar-refractivity contribution in [1.29, 1.82) is 0 Å². The van der Waals surface area contributed by atoms with Crippen molar-refractivity contribution in [2.45, 2.75) is 19.4 Å². The lowest BCUT2D eigenvalue weighted by Crippen LogP contribution is -2.51. The number of hydrogen-bond acceptors (Lipinski definition) is 4. The molecule has 0 aliphatic carbocycles. The van der Waals surface area contributed by atoms with Gasteiger partial charge in [0.1, 0.15) is 11.5 Å². The molecule has 7 heteroatoms. The minimum atomic E-state index is -0.768. The van der Waals surface area contributed by atoms with Gasteiger partial charge in [-0.15, -0.1) is 0 Å². The third-order valence-corrected chi connectivity index (χ3v) is 4.42. The lowest BCUT2D eigenvalue weighted by Gasteiger charge is -2.34. The quantitative estimate of drug-likeness (QED) is 0.825. The Morgan fingerprint density at radius 1 is 1.22 bits per heavy atom. The largest absolute Gasteiger partial charge is 0.482 e. The molecular formula is C20H21ClN2O4. The highest BCUT2D eigenvalue weighted by atomic mass is 35.5. The molecule has 0 bridgehead atoms. The van der Waals surface area contributed by atoms with E-state index < -0.39 is 6.10 Å². The normalized spacial score (nSPS) is 15.5. The summed E-state index contributed by atoms with van der Waals surface area (Å²) in [4.78, 5) is 26.7. The molecule has 1 heterocycles. The van der Waals surface area contributed by atoms with Crippen LogP contribution in [0.3, 0.4) is 0 Å². The zero-order valence-electron chi connectivity index (χ0n) is 15.0. The highest BCUT2D eigenvalue weighted by Gasteiger charge is 2.33. The number of anilines is 1. The number of nitrogens with zero attached hydrogens (tertiary/aromatic N) is 1. The minimum absolute atomic E-state index is 0.122. The van der Waals surface area contributed by atoms with Crippen LogP contribution >= 0.6 is 11.6 Å². The Bertz CT molecular complexity index is 827. The Labute approximate surface area is 163 Å². The number of carbonyl (C=O) groups excluding carboxylic acids is 2. The summed E-state index contributed by atoms with van der Waals surface area (Å²) < 4.78 is 11.3. The topological polar surface area (TPSA) is 67.9 Å². The second kappa shape index (κ2) is 8.77. The Balaban J connectivity index is 1.74. The molecule has 1 atom stereocenters. The number of nitrogens with one attached hydrogen (secondary N) is 1. The van der Waals surface area contributed by atoms with Crippen molar-refractivity contribution in [3.8, 4) is 11.5 Å². The van der Waals surface area contributed by atoms with Crippen molar-refractivity contribution < 1.29 is 19.1 Å². The van der Waals surface area contributed by atoms with E-state index in [9.17, 15) is 9.59 Å². The third kappa shape index (κ3) is 4.52. The highest BCUT2D eigenvalue weighted by Crippen LogP contribution is 2.33. The molecule has 2 aromatic carbocycles. The fraction of sp³-hybridized carbons (Fsp3) is 0.300. The number of hydrogen-bond donors (Lipinski definition) is 1. The van der Waals surface area contributed by atoms with E-state index in [2.05, 4.69) is 5.32 Å². The van der Waals surface area contributed by atoms with Crippen LogP contribution in [0.15, 0.2) is 48.5 Å². The van der Waals surface area contributed by atoms with Crippen LogP contribution in [0.5, 0.6) is 11.5 Å². The van der Waals surface area contributed by atoms with Gasteiger partial charge in [0.15, 0.2) is 12.7 Å². The van der Waals surface area contributed by atoms with Gasteiger partial charge in [0.05, 0.1) is 17.3 Å². The molecular weight excluding hydrogens is 368 g/mol. The number of fused-ring (bicyclic) bond motifs is 1. The number of benzene rings is 2. The number of amides is 2. The fourth-order valence-corrected chi connectivity index (χ4v) is 2.94. The van der Waals surface area contributed by atoms with Crippen LogP contribution < -0.4 is 19.7 Å². The molecule has 0 fully saturated rings. The Hall–Kier alpha value is -2.73. The molecule has 0 spiro atoms. The molecule has 0 saturated heterocycles. The van der Waals surface area contributed by atoms with Gasteiger partial charge in [-0.1, -0.05) is 42.8 Å². The maximum absolute atomic E-state index is 12.8. The number of halogens is 1. The van der Waals surface area contributed by atoms with Crippen molar-refractivity contribution in [3.05, 3.63) is 53.6 Å². The molecule has 0 saturated carbocycles. The van der Waals surface area contributed by atoms with Crippen molar-refractivity contribution in [3.63, 3.8) is 0 Å². The molecule has 0 radical (unpaired) electrons. The second-order valence-corrected chi connectivity index (χ2v) is 6.50. The fourth-order valence-electron chi connectivity index (χ4n) is 2.75. The molecule has 2 amide bonds. The van der Waals surface area contributed by atoms with Crippen LogP contribution in [0.25, 0.3) is 0 Å². The van der Waals surface area contributed by atoms with Crippen LogP contribution in [0.1, 0.15) is 13.3 Å². The monoisotopic (exact) mass is 388 g/mol. The Morgan fingerprint density at radius 2 is 1.96 bits per heavy atom. The second-order valence-electron chi connectivity index (χ2n) is 6.09. The third-order valence-electron chi connectivity index (χ3n) is 4.10. The highest BCUT2D eigenvalue weighted by molar-refractivity contribution is 6.32. The average molecular weight is 389 g/mol.